The largest absolute Gasteiger partial charge is 0.481 e. The van der Waals surface area contributed by atoms with Gasteiger partial charge in [0.2, 0.25) is 0 Å². The molecule has 1 N–H and O–H groups in total. The third-order valence-corrected chi connectivity index (χ3v) is 4.26. The molecule has 1 aliphatic rings. The van der Waals surface area contributed by atoms with Gasteiger partial charge in [0, 0.05) is 13.1 Å². The van der Waals surface area contributed by atoms with Gasteiger partial charge in [0.15, 0.2) is 12.4 Å². The van der Waals surface area contributed by atoms with E-state index in [1.54, 1.807) is 6.07 Å². The van der Waals surface area contributed by atoms with E-state index in [1.807, 2.05) is 0 Å². The molecule has 0 unspecified atom stereocenters. The van der Waals surface area contributed by atoms with E-state index < -0.39 is 49.6 Å². The number of hydrogen-bond donors (Lipinski definition) is 1. The summed E-state index contributed by atoms with van der Waals surface area (Å²) in [6.07, 6.45) is -4.70. The van der Waals surface area contributed by atoms with Gasteiger partial charge in [0.05, 0.1) is 21.9 Å². The number of halogens is 5. The van der Waals surface area contributed by atoms with Gasteiger partial charge >= 0.3 is 12.1 Å². The maximum absolute atomic E-state index is 12.9. The first kappa shape index (κ1) is 18.7. The maximum atomic E-state index is 12.9. The number of ether oxygens (including phenoxy) is 1. The summed E-state index contributed by atoms with van der Waals surface area (Å²) in [5, 5.41) is 9.22. The Morgan fingerprint density at radius 2 is 1.83 bits per heavy atom. The summed E-state index contributed by atoms with van der Waals surface area (Å²) >= 11 is 11.7. The number of carbonyl (C=O) groups is 2. The molecule has 2 atom stereocenters. The lowest BCUT2D eigenvalue weighted by Gasteiger charge is -2.18. The SMILES string of the molecule is O=C(O)[C@@H]1CN(C(=O)COc2c(Cl)cccc2Cl)C[C@H]1C(F)(F)F. The Bertz CT molecular complexity index is 633. The van der Waals surface area contributed by atoms with Crippen molar-refractivity contribution in [3.05, 3.63) is 28.2 Å². The minimum absolute atomic E-state index is 0.0375. The molecule has 0 aliphatic carbocycles. The van der Waals surface area contributed by atoms with Crippen molar-refractivity contribution in [2.75, 3.05) is 19.7 Å². The summed E-state index contributed by atoms with van der Waals surface area (Å²) < 4.78 is 43.9. The van der Waals surface area contributed by atoms with Gasteiger partial charge in [-0.25, -0.2) is 0 Å². The Morgan fingerprint density at radius 3 is 2.29 bits per heavy atom. The Kier molecular flexibility index (Phi) is 5.49. The zero-order chi connectivity index (χ0) is 18.1. The first-order valence-electron chi connectivity index (χ1n) is 6.75. The molecular weight excluding hydrogens is 374 g/mol. The Morgan fingerprint density at radius 1 is 1.25 bits per heavy atom. The number of aliphatic carboxylic acids is 1. The number of benzene rings is 1. The molecule has 1 aromatic carbocycles. The second kappa shape index (κ2) is 7.06. The summed E-state index contributed by atoms with van der Waals surface area (Å²) in [6.45, 7) is -1.85. The molecular formula is C14H12Cl2F3NO4. The molecule has 0 bridgehead atoms. The number of carboxylic acid groups (broad SMARTS) is 1. The van der Waals surface area contributed by atoms with Gasteiger partial charge in [-0.05, 0) is 12.1 Å². The average molecular weight is 386 g/mol. The molecule has 0 radical (unpaired) electrons. The highest BCUT2D eigenvalue weighted by Gasteiger charge is 2.53. The summed E-state index contributed by atoms with van der Waals surface area (Å²) in [4.78, 5) is 23.8. The smallest absolute Gasteiger partial charge is 0.394 e. The minimum Gasteiger partial charge on any atom is -0.481 e. The number of para-hydroxylation sites is 1. The highest BCUT2D eigenvalue weighted by molar-refractivity contribution is 6.37. The molecule has 24 heavy (non-hydrogen) atoms. The lowest BCUT2D eigenvalue weighted by Crippen LogP contribution is -2.35. The van der Waals surface area contributed by atoms with E-state index in [0.29, 0.717) is 0 Å². The number of likely N-dealkylation sites (tertiary alicyclic amines) is 1. The van der Waals surface area contributed by atoms with Crippen molar-refractivity contribution >= 4 is 35.1 Å². The van der Waals surface area contributed by atoms with E-state index in [-0.39, 0.29) is 15.8 Å². The van der Waals surface area contributed by atoms with Crippen LogP contribution in [-0.4, -0.2) is 47.8 Å². The molecule has 5 nitrogen and oxygen atoms in total. The van der Waals surface area contributed by atoms with Gasteiger partial charge in [-0.15, -0.1) is 0 Å². The van der Waals surface area contributed by atoms with Crippen molar-refractivity contribution in [1.82, 2.24) is 4.90 Å². The number of amides is 1. The Hall–Kier alpha value is -1.67. The van der Waals surface area contributed by atoms with Crippen LogP contribution in [0.25, 0.3) is 0 Å². The molecule has 10 heteroatoms. The minimum atomic E-state index is -4.70. The highest BCUT2D eigenvalue weighted by atomic mass is 35.5. The van der Waals surface area contributed by atoms with Crippen molar-refractivity contribution in [2.24, 2.45) is 11.8 Å². The number of carboxylic acids is 1. The van der Waals surface area contributed by atoms with Gasteiger partial charge < -0.3 is 14.7 Å². The Balaban J connectivity index is 2.04. The number of alkyl halides is 3. The van der Waals surface area contributed by atoms with Crippen LogP contribution in [0.2, 0.25) is 10.0 Å². The first-order chi connectivity index (χ1) is 11.1. The van der Waals surface area contributed by atoms with Crippen LogP contribution in [0.1, 0.15) is 0 Å². The van der Waals surface area contributed by atoms with Crippen molar-refractivity contribution < 1.29 is 32.6 Å². The molecule has 2 rings (SSSR count). The number of carbonyl (C=O) groups excluding carboxylic acids is 1. The van der Waals surface area contributed by atoms with Gasteiger partial charge in [-0.2, -0.15) is 13.2 Å². The zero-order valence-electron chi connectivity index (χ0n) is 12.0. The summed E-state index contributed by atoms with van der Waals surface area (Å²) in [6, 6.07) is 4.51. The summed E-state index contributed by atoms with van der Waals surface area (Å²) in [7, 11) is 0. The highest BCUT2D eigenvalue weighted by Crippen LogP contribution is 2.38. The molecule has 1 amide bonds. The van der Waals surface area contributed by atoms with Crippen LogP contribution in [0.5, 0.6) is 5.75 Å². The summed E-state index contributed by atoms with van der Waals surface area (Å²) in [5.74, 6) is -6.14. The fourth-order valence-electron chi connectivity index (χ4n) is 2.43. The second-order valence-electron chi connectivity index (χ2n) is 5.23. The molecule has 132 valence electrons. The van der Waals surface area contributed by atoms with Crippen LogP contribution in [0.3, 0.4) is 0 Å². The fourth-order valence-corrected chi connectivity index (χ4v) is 2.94. The van der Waals surface area contributed by atoms with E-state index >= 15 is 0 Å². The fraction of sp³-hybridized carbons (Fsp3) is 0.429. The van der Waals surface area contributed by atoms with Crippen LogP contribution < -0.4 is 4.74 Å². The van der Waals surface area contributed by atoms with Crippen LogP contribution in [-0.2, 0) is 9.59 Å². The monoisotopic (exact) mass is 385 g/mol. The van der Waals surface area contributed by atoms with Crippen LogP contribution in [0, 0.1) is 11.8 Å². The van der Waals surface area contributed by atoms with Gasteiger partial charge in [-0.1, -0.05) is 29.3 Å². The third-order valence-electron chi connectivity index (χ3n) is 3.67. The molecule has 0 saturated carbocycles. The lowest BCUT2D eigenvalue weighted by molar-refractivity contribution is -0.188. The van der Waals surface area contributed by atoms with Crippen LogP contribution in [0.15, 0.2) is 18.2 Å². The first-order valence-corrected chi connectivity index (χ1v) is 7.51. The van der Waals surface area contributed by atoms with E-state index in [2.05, 4.69) is 0 Å². The molecule has 0 spiro atoms. The predicted octanol–water partition coefficient (Wildman–Crippen LogP) is 3.09. The van der Waals surface area contributed by atoms with Crippen molar-refractivity contribution in [3.8, 4) is 5.75 Å². The second-order valence-corrected chi connectivity index (χ2v) is 6.05. The topological polar surface area (TPSA) is 66.8 Å². The van der Waals surface area contributed by atoms with Gasteiger partial charge in [0.25, 0.3) is 5.91 Å². The molecule has 1 aromatic rings. The number of rotatable bonds is 4. The van der Waals surface area contributed by atoms with Crippen LogP contribution in [0.4, 0.5) is 13.2 Å². The van der Waals surface area contributed by atoms with Gasteiger partial charge in [-0.3, -0.25) is 9.59 Å². The normalized spacial score (nSPS) is 21.0. The predicted molar refractivity (Wildman–Crippen MR) is 79.2 cm³/mol. The Labute approximate surface area is 144 Å². The number of hydrogen-bond acceptors (Lipinski definition) is 3. The lowest BCUT2D eigenvalue weighted by atomic mass is 9.96. The molecule has 0 aromatic heterocycles. The van der Waals surface area contributed by atoms with Gasteiger partial charge in [0.1, 0.15) is 0 Å². The summed E-state index contributed by atoms with van der Waals surface area (Å²) in [5.41, 5.74) is 0. The molecule has 1 aliphatic heterocycles. The standard InChI is InChI=1S/C14H12Cl2F3NO4/c15-9-2-1-3-10(16)12(9)24-6-11(21)20-4-7(13(22)23)8(5-20)14(17,18)19/h1-3,7-8H,4-6H2,(H,22,23)/t7-,8-/m1/s1. The molecule has 1 heterocycles. The van der Waals surface area contributed by atoms with E-state index in [1.165, 1.54) is 12.1 Å². The van der Waals surface area contributed by atoms with E-state index in [4.69, 9.17) is 33.0 Å². The number of nitrogens with zero attached hydrogens (tertiary/aromatic N) is 1. The van der Waals surface area contributed by atoms with Crippen molar-refractivity contribution in [1.29, 1.82) is 0 Å². The molecule has 1 saturated heterocycles. The van der Waals surface area contributed by atoms with Crippen molar-refractivity contribution in [3.63, 3.8) is 0 Å². The maximum Gasteiger partial charge on any atom is 0.394 e. The zero-order valence-corrected chi connectivity index (χ0v) is 13.5. The van der Waals surface area contributed by atoms with Crippen LogP contribution >= 0.6 is 23.2 Å². The van der Waals surface area contributed by atoms with E-state index in [0.717, 1.165) is 4.90 Å². The average Bonchev–Trinajstić information content (AvgIpc) is 2.92. The third kappa shape index (κ3) is 4.05. The molecule has 1 fully saturated rings. The quantitative estimate of drug-likeness (QED) is 0.864. The van der Waals surface area contributed by atoms with Crippen molar-refractivity contribution in [2.45, 2.75) is 6.18 Å². The van der Waals surface area contributed by atoms with E-state index in [9.17, 15) is 22.8 Å².